The van der Waals surface area contributed by atoms with Gasteiger partial charge in [0.15, 0.2) is 5.88 Å². The fraction of sp³-hybridized carbons (Fsp3) is 0.235. The molecule has 3 rings (SSSR count). The first-order chi connectivity index (χ1) is 11.0. The zero-order chi connectivity index (χ0) is 16.4. The lowest BCUT2D eigenvalue weighted by molar-refractivity contribution is 0.0869. The number of nitrogens with zero attached hydrogens (tertiary/aromatic N) is 2. The van der Waals surface area contributed by atoms with Crippen LogP contribution in [0.5, 0.6) is 0 Å². The van der Waals surface area contributed by atoms with Crippen LogP contribution in [-0.4, -0.2) is 24.2 Å². The number of benzene rings is 1. The minimum atomic E-state index is 0.0446. The predicted octanol–water partition coefficient (Wildman–Crippen LogP) is 2.67. The molecule has 0 atom stereocenters. The molecule has 0 aliphatic carbocycles. The van der Waals surface area contributed by atoms with Gasteiger partial charge in [0, 0.05) is 11.0 Å². The summed E-state index contributed by atoms with van der Waals surface area (Å²) in [7, 11) is 0. The SMILES string of the molecule is CC(/C=C(\N)Cl)=C(/N)OC1CN(c2ccc3ccccc3n2)C1. The van der Waals surface area contributed by atoms with Crippen LogP contribution in [0.25, 0.3) is 10.9 Å². The van der Waals surface area contributed by atoms with Crippen molar-refractivity contribution < 1.29 is 4.74 Å². The molecular formula is C17H19ClN4O. The van der Waals surface area contributed by atoms with Gasteiger partial charge in [-0.2, -0.15) is 0 Å². The molecule has 120 valence electrons. The van der Waals surface area contributed by atoms with Crippen LogP contribution in [0.1, 0.15) is 6.92 Å². The molecule has 1 saturated heterocycles. The van der Waals surface area contributed by atoms with Gasteiger partial charge < -0.3 is 21.1 Å². The van der Waals surface area contributed by atoms with Crippen molar-refractivity contribution in [3.63, 3.8) is 0 Å². The Labute approximate surface area is 140 Å². The summed E-state index contributed by atoms with van der Waals surface area (Å²) in [4.78, 5) is 6.83. The van der Waals surface area contributed by atoms with E-state index in [0.29, 0.717) is 5.88 Å². The third-order valence-electron chi connectivity index (χ3n) is 3.79. The molecule has 1 aliphatic rings. The van der Waals surface area contributed by atoms with Gasteiger partial charge in [-0.15, -0.1) is 0 Å². The van der Waals surface area contributed by atoms with Crippen LogP contribution >= 0.6 is 11.6 Å². The molecule has 0 unspecified atom stereocenters. The highest BCUT2D eigenvalue weighted by Gasteiger charge is 2.30. The van der Waals surface area contributed by atoms with Crippen LogP contribution in [-0.2, 0) is 4.74 Å². The molecule has 5 nitrogen and oxygen atoms in total. The van der Waals surface area contributed by atoms with Gasteiger partial charge in [0.1, 0.15) is 11.9 Å². The normalized spacial score (nSPS) is 17.0. The molecule has 0 bridgehead atoms. The molecule has 1 fully saturated rings. The first-order valence-corrected chi connectivity index (χ1v) is 7.77. The standard InChI is InChI=1S/C17H19ClN4O/c1-11(8-15(18)19)17(20)23-13-9-22(10-13)16-7-6-12-4-2-3-5-14(12)21-16/h2-8,13H,9-10,19-20H2,1H3/b15-8-,17-11+. The molecule has 0 saturated carbocycles. The average molecular weight is 331 g/mol. The van der Waals surface area contributed by atoms with E-state index in [0.717, 1.165) is 35.4 Å². The number of hydrogen-bond donors (Lipinski definition) is 2. The van der Waals surface area contributed by atoms with Crippen molar-refractivity contribution in [3.8, 4) is 0 Å². The Morgan fingerprint density at radius 2 is 2.00 bits per heavy atom. The van der Waals surface area contributed by atoms with Crippen molar-refractivity contribution in [3.05, 3.63) is 59.1 Å². The number of pyridine rings is 1. The highest BCUT2D eigenvalue weighted by molar-refractivity contribution is 6.29. The van der Waals surface area contributed by atoms with Crippen molar-refractivity contribution in [2.24, 2.45) is 11.5 Å². The summed E-state index contributed by atoms with van der Waals surface area (Å²) in [5, 5.41) is 1.32. The lowest BCUT2D eigenvalue weighted by atomic mass is 10.1. The molecular weight excluding hydrogens is 312 g/mol. The number of halogens is 1. The van der Waals surface area contributed by atoms with Crippen LogP contribution < -0.4 is 16.4 Å². The van der Waals surface area contributed by atoms with Crippen molar-refractivity contribution in [2.45, 2.75) is 13.0 Å². The maximum atomic E-state index is 5.90. The number of nitrogens with two attached hydrogens (primary N) is 2. The van der Waals surface area contributed by atoms with Gasteiger partial charge in [-0.1, -0.05) is 29.8 Å². The Hall–Kier alpha value is -2.40. The molecule has 2 aromatic rings. The van der Waals surface area contributed by atoms with E-state index in [-0.39, 0.29) is 11.3 Å². The largest absolute Gasteiger partial charge is 0.472 e. The lowest BCUT2D eigenvalue weighted by Gasteiger charge is -2.40. The smallest absolute Gasteiger partial charge is 0.187 e. The van der Waals surface area contributed by atoms with E-state index < -0.39 is 0 Å². The van der Waals surface area contributed by atoms with Crippen LogP contribution in [0.3, 0.4) is 0 Å². The third-order valence-corrected chi connectivity index (χ3v) is 3.90. The third kappa shape index (κ3) is 3.51. The number of allylic oxidation sites excluding steroid dienone is 2. The van der Waals surface area contributed by atoms with E-state index in [1.165, 1.54) is 0 Å². The number of rotatable bonds is 4. The Kier molecular flexibility index (Phi) is 4.30. The molecule has 4 N–H and O–H groups in total. The summed E-state index contributed by atoms with van der Waals surface area (Å²) in [5.41, 5.74) is 13.0. The molecule has 0 amide bonds. The Morgan fingerprint density at radius 1 is 1.26 bits per heavy atom. The first-order valence-electron chi connectivity index (χ1n) is 7.39. The fourth-order valence-corrected chi connectivity index (χ4v) is 2.65. The summed E-state index contributed by atoms with van der Waals surface area (Å²) in [6.45, 7) is 3.31. The summed E-state index contributed by atoms with van der Waals surface area (Å²) in [6.07, 6.45) is 1.63. The highest BCUT2D eigenvalue weighted by Crippen LogP contribution is 2.24. The zero-order valence-electron chi connectivity index (χ0n) is 12.9. The molecule has 23 heavy (non-hydrogen) atoms. The van der Waals surface area contributed by atoms with Gasteiger partial charge in [0.25, 0.3) is 0 Å². The first kappa shape index (κ1) is 15.5. The average Bonchev–Trinajstić information content (AvgIpc) is 2.49. The van der Waals surface area contributed by atoms with E-state index in [1.807, 2.05) is 31.2 Å². The second-order valence-corrected chi connectivity index (χ2v) is 6.02. The molecule has 6 heteroatoms. The van der Waals surface area contributed by atoms with Crippen molar-refractivity contribution in [1.29, 1.82) is 0 Å². The number of para-hydroxylation sites is 1. The van der Waals surface area contributed by atoms with Crippen LogP contribution in [0.2, 0.25) is 0 Å². The van der Waals surface area contributed by atoms with Crippen LogP contribution in [0.15, 0.2) is 59.1 Å². The van der Waals surface area contributed by atoms with Gasteiger partial charge >= 0.3 is 0 Å². The van der Waals surface area contributed by atoms with Crippen molar-refractivity contribution >= 4 is 28.3 Å². The number of aromatic nitrogens is 1. The van der Waals surface area contributed by atoms with Crippen molar-refractivity contribution in [1.82, 2.24) is 4.98 Å². The Balaban J connectivity index is 1.63. The number of anilines is 1. The van der Waals surface area contributed by atoms with Gasteiger partial charge in [-0.25, -0.2) is 4.98 Å². The van der Waals surface area contributed by atoms with Gasteiger partial charge in [-0.3, -0.25) is 0 Å². The summed E-state index contributed by atoms with van der Waals surface area (Å²) < 4.78 is 5.72. The second-order valence-electron chi connectivity index (χ2n) is 5.58. The van der Waals surface area contributed by atoms with Gasteiger partial charge in [0.05, 0.1) is 23.8 Å². The number of ether oxygens (including phenoxy) is 1. The minimum Gasteiger partial charge on any atom is -0.472 e. The number of fused-ring (bicyclic) bond motifs is 1. The number of hydrogen-bond acceptors (Lipinski definition) is 5. The van der Waals surface area contributed by atoms with Gasteiger partial charge in [-0.05, 0) is 31.2 Å². The Bertz CT molecular complexity index is 777. The van der Waals surface area contributed by atoms with Crippen LogP contribution in [0, 0.1) is 0 Å². The summed E-state index contributed by atoms with van der Waals surface area (Å²) in [6, 6.07) is 12.2. The quantitative estimate of drug-likeness (QED) is 0.512. The molecule has 2 heterocycles. The molecule has 0 radical (unpaired) electrons. The van der Waals surface area contributed by atoms with E-state index in [4.69, 9.17) is 27.8 Å². The monoisotopic (exact) mass is 330 g/mol. The molecule has 1 aromatic carbocycles. The maximum absolute atomic E-state index is 5.90. The Morgan fingerprint density at radius 3 is 2.74 bits per heavy atom. The van der Waals surface area contributed by atoms with E-state index in [1.54, 1.807) is 6.08 Å². The molecule has 1 aromatic heterocycles. The maximum Gasteiger partial charge on any atom is 0.187 e. The van der Waals surface area contributed by atoms with E-state index in [9.17, 15) is 0 Å². The predicted molar refractivity (Wildman–Crippen MR) is 93.8 cm³/mol. The van der Waals surface area contributed by atoms with Gasteiger partial charge in [0.2, 0.25) is 0 Å². The minimum absolute atomic E-state index is 0.0446. The van der Waals surface area contributed by atoms with Crippen LogP contribution in [0.4, 0.5) is 5.82 Å². The molecule has 0 spiro atoms. The fourth-order valence-electron chi connectivity index (χ4n) is 2.48. The zero-order valence-corrected chi connectivity index (χ0v) is 13.6. The summed E-state index contributed by atoms with van der Waals surface area (Å²) >= 11 is 5.63. The lowest BCUT2D eigenvalue weighted by Crippen LogP contribution is -2.53. The van der Waals surface area contributed by atoms with E-state index in [2.05, 4.69) is 22.0 Å². The topological polar surface area (TPSA) is 77.4 Å². The second kappa shape index (κ2) is 6.38. The summed E-state index contributed by atoms with van der Waals surface area (Å²) in [5.74, 6) is 1.30. The molecule has 1 aliphatic heterocycles. The van der Waals surface area contributed by atoms with E-state index >= 15 is 0 Å². The van der Waals surface area contributed by atoms with Crippen molar-refractivity contribution in [2.75, 3.05) is 18.0 Å². The highest BCUT2D eigenvalue weighted by atomic mass is 35.5.